The topological polar surface area (TPSA) is 41.6 Å². The minimum Gasteiger partial charge on any atom is -0.377 e. The van der Waals surface area contributed by atoms with Crippen LogP contribution >= 0.6 is 0 Å². The summed E-state index contributed by atoms with van der Waals surface area (Å²) in [6, 6.07) is 0.546. The van der Waals surface area contributed by atoms with E-state index in [-0.39, 0.29) is 10.8 Å². The van der Waals surface area contributed by atoms with Gasteiger partial charge in [-0.05, 0) is 30.1 Å². The van der Waals surface area contributed by atoms with Crippen molar-refractivity contribution in [2.75, 3.05) is 26.2 Å². The maximum atomic E-state index is 12.3. The Balaban J connectivity index is 1.73. The fourth-order valence-corrected chi connectivity index (χ4v) is 4.02. The zero-order chi connectivity index (χ0) is 18.0. The highest BCUT2D eigenvalue weighted by molar-refractivity contribution is 5.76. The van der Waals surface area contributed by atoms with Crippen LogP contribution in [0.5, 0.6) is 0 Å². The monoisotopic (exact) mass is 338 g/mol. The fourth-order valence-electron chi connectivity index (χ4n) is 4.02. The third kappa shape index (κ3) is 5.73. The first-order valence-electron chi connectivity index (χ1n) is 9.69. The quantitative estimate of drug-likeness (QED) is 0.853. The van der Waals surface area contributed by atoms with Crippen LogP contribution in [0.4, 0.5) is 0 Å². The van der Waals surface area contributed by atoms with Crippen LogP contribution in [0.25, 0.3) is 0 Å². The Kier molecular flexibility index (Phi) is 6.35. The van der Waals surface area contributed by atoms with Gasteiger partial charge in [-0.3, -0.25) is 4.79 Å². The van der Waals surface area contributed by atoms with E-state index in [1.165, 1.54) is 0 Å². The largest absolute Gasteiger partial charge is 0.377 e. The zero-order valence-electron chi connectivity index (χ0n) is 16.7. The van der Waals surface area contributed by atoms with E-state index in [2.05, 4.69) is 51.8 Å². The molecule has 140 valence electrons. The number of rotatable bonds is 4. The summed E-state index contributed by atoms with van der Waals surface area (Å²) in [7, 11) is 0. The molecule has 0 aromatic carbocycles. The van der Waals surface area contributed by atoms with Gasteiger partial charge in [0.15, 0.2) is 0 Å². The third-order valence-electron chi connectivity index (χ3n) is 5.27. The van der Waals surface area contributed by atoms with Crippen LogP contribution < -0.4 is 5.32 Å². The first kappa shape index (κ1) is 19.7. The smallest absolute Gasteiger partial charge is 0.223 e. The van der Waals surface area contributed by atoms with Crippen molar-refractivity contribution < 1.29 is 9.53 Å². The molecule has 0 aromatic heterocycles. The number of ether oxygens (including phenoxy) is 1. The van der Waals surface area contributed by atoms with E-state index in [0.29, 0.717) is 30.4 Å². The van der Waals surface area contributed by atoms with Crippen molar-refractivity contribution in [3.05, 3.63) is 0 Å². The molecule has 2 atom stereocenters. The first-order chi connectivity index (χ1) is 11.1. The van der Waals surface area contributed by atoms with E-state index in [4.69, 9.17) is 4.74 Å². The normalized spacial score (nSPS) is 26.8. The number of carbonyl (C=O) groups excluding carboxylic acids is 1. The van der Waals surface area contributed by atoms with E-state index in [0.717, 1.165) is 45.5 Å². The van der Waals surface area contributed by atoms with E-state index in [1.807, 2.05) is 0 Å². The molecule has 4 heteroatoms. The standard InChI is InChI=1S/C20H38N2O2/c1-19(2,3)13-17(23)22-10-7-16(8-11-22)21-14-15-9-12-24-18(15)20(4,5)6/h15-16,18,21H,7-14H2,1-6H3/t15-,18+/m1/s1. The average Bonchev–Trinajstić information content (AvgIpc) is 2.92. The molecule has 4 nitrogen and oxygen atoms in total. The summed E-state index contributed by atoms with van der Waals surface area (Å²) in [5.41, 5.74) is 0.294. The summed E-state index contributed by atoms with van der Waals surface area (Å²) in [6.07, 6.45) is 4.32. The first-order valence-corrected chi connectivity index (χ1v) is 9.69. The highest BCUT2D eigenvalue weighted by Gasteiger charge is 2.37. The molecule has 0 spiro atoms. The van der Waals surface area contributed by atoms with Crippen molar-refractivity contribution in [2.45, 2.75) is 79.4 Å². The van der Waals surface area contributed by atoms with Gasteiger partial charge < -0.3 is 15.0 Å². The summed E-state index contributed by atoms with van der Waals surface area (Å²) in [5, 5.41) is 3.76. The molecule has 2 saturated heterocycles. The molecular formula is C20H38N2O2. The van der Waals surface area contributed by atoms with Crippen molar-refractivity contribution >= 4 is 5.91 Å². The molecule has 0 radical (unpaired) electrons. The van der Waals surface area contributed by atoms with Gasteiger partial charge in [0, 0.05) is 44.6 Å². The van der Waals surface area contributed by atoms with Crippen LogP contribution in [0.15, 0.2) is 0 Å². The van der Waals surface area contributed by atoms with Crippen molar-refractivity contribution in [1.29, 1.82) is 0 Å². The molecule has 2 fully saturated rings. The predicted molar refractivity (Wildman–Crippen MR) is 99.0 cm³/mol. The average molecular weight is 339 g/mol. The lowest BCUT2D eigenvalue weighted by atomic mass is 9.81. The number of nitrogens with one attached hydrogen (secondary N) is 1. The van der Waals surface area contributed by atoms with E-state index in [9.17, 15) is 4.79 Å². The number of hydrogen-bond donors (Lipinski definition) is 1. The van der Waals surface area contributed by atoms with E-state index in [1.54, 1.807) is 0 Å². The second-order valence-electron chi connectivity index (χ2n) is 10.0. The maximum absolute atomic E-state index is 12.3. The molecule has 0 unspecified atom stereocenters. The second-order valence-corrected chi connectivity index (χ2v) is 10.0. The lowest BCUT2D eigenvalue weighted by Crippen LogP contribution is -2.47. The predicted octanol–water partition coefficient (Wildman–Crippen LogP) is 3.45. The molecule has 0 aromatic rings. The van der Waals surface area contributed by atoms with Crippen LogP contribution in [0.3, 0.4) is 0 Å². The molecule has 0 aliphatic carbocycles. The number of hydrogen-bond acceptors (Lipinski definition) is 3. The van der Waals surface area contributed by atoms with Crippen LogP contribution in [0.1, 0.15) is 67.2 Å². The number of likely N-dealkylation sites (tertiary alicyclic amines) is 1. The van der Waals surface area contributed by atoms with Gasteiger partial charge in [-0.15, -0.1) is 0 Å². The SMILES string of the molecule is CC(C)(C)CC(=O)N1CCC(NC[C@H]2CCO[C@@H]2C(C)(C)C)CC1. The summed E-state index contributed by atoms with van der Waals surface area (Å²) < 4.78 is 5.97. The highest BCUT2D eigenvalue weighted by atomic mass is 16.5. The second kappa shape index (κ2) is 7.74. The maximum Gasteiger partial charge on any atom is 0.223 e. The van der Waals surface area contributed by atoms with Gasteiger partial charge in [0.1, 0.15) is 0 Å². The van der Waals surface area contributed by atoms with Crippen molar-refractivity contribution in [3.8, 4) is 0 Å². The highest BCUT2D eigenvalue weighted by Crippen LogP contribution is 2.34. The Labute approximate surface area is 148 Å². The molecule has 0 bridgehead atoms. The summed E-state index contributed by atoms with van der Waals surface area (Å²) in [5.74, 6) is 0.934. The Bertz CT molecular complexity index is 414. The summed E-state index contributed by atoms with van der Waals surface area (Å²) >= 11 is 0. The van der Waals surface area contributed by atoms with Crippen LogP contribution in [0, 0.1) is 16.7 Å². The number of nitrogens with zero attached hydrogens (tertiary/aromatic N) is 1. The summed E-state index contributed by atoms with van der Waals surface area (Å²) in [4.78, 5) is 14.4. The Hall–Kier alpha value is -0.610. The number of piperidine rings is 1. The van der Waals surface area contributed by atoms with Crippen LogP contribution in [-0.4, -0.2) is 49.2 Å². The minimum atomic E-state index is 0.0800. The van der Waals surface area contributed by atoms with Crippen LogP contribution in [-0.2, 0) is 9.53 Å². The van der Waals surface area contributed by atoms with Gasteiger partial charge in [0.2, 0.25) is 5.91 Å². The van der Waals surface area contributed by atoms with Crippen LogP contribution in [0.2, 0.25) is 0 Å². The van der Waals surface area contributed by atoms with Gasteiger partial charge in [0.05, 0.1) is 6.10 Å². The molecule has 2 aliphatic heterocycles. The third-order valence-corrected chi connectivity index (χ3v) is 5.27. The molecular weight excluding hydrogens is 300 g/mol. The molecule has 1 amide bonds. The minimum absolute atomic E-state index is 0.0800. The Morgan fingerprint density at radius 3 is 2.25 bits per heavy atom. The van der Waals surface area contributed by atoms with Gasteiger partial charge >= 0.3 is 0 Å². The Morgan fingerprint density at radius 2 is 1.71 bits per heavy atom. The lowest BCUT2D eigenvalue weighted by Gasteiger charge is -2.36. The molecule has 0 saturated carbocycles. The molecule has 2 aliphatic rings. The molecule has 2 heterocycles. The zero-order valence-corrected chi connectivity index (χ0v) is 16.7. The number of carbonyl (C=O) groups is 1. The molecule has 1 N–H and O–H groups in total. The summed E-state index contributed by atoms with van der Waals surface area (Å²) in [6.45, 7) is 17.0. The van der Waals surface area contributed by atoms with E-state index >= 15 is 0 Å². The van der Waals surface area contributed by atoms with Crippen molar-refractivity contribution in [1.82, 2.24) is 10.2 Å². The Morgan fingerprint density at radius 1 is 1.08 bits per heavy atom. The van der Waals surface area contributed by atoms with Crippen molar-refractivity contribution in [2.24, 2.45) is 16.7 Å². The molecule has 24 heavy (non-hydrogen) atoms. The number of amides is 1. The van der Waals surface area contributed by atoms with Gasteiger partial charge in [-0.25, -0.2) is 0 Å². The fraction of sp³-hybridized carbons (Fsp3) is 0.950. The van der Waals surface area contributed by atoms with Gasteiger partial charge in [-0.1, -0.05) is 41.5 Å². The van der Waals surface area contributed by atoms with Gasteiger partial charge in [-0.2, -0.15) is 0 Å². The van der Waals surface area contributed by atoms with E-state index < -0.39 is 0 Å². The lowest BCUT2D eigenvalue weighted by molar-refractivity contribution is -0.134. The molecule has 2 rings (SSSR count). The van der Waals surface area contributed by atoms with Gasteiger partial charge in [0.25, 0.3) is 0 Å². The van der Waals surface area contributed by atoms with Crippen molar-refractivity contribution in [3.63, 3.8) is 0 Å².